The van der Waals surface area contributed by atoms with E-state index in [1.807, 2.05) is 0 Å². The van der Waals surface area contributed by atoms with Crippen LogP contribution in [0.1, 0.15) is 36.4 Å². The Bertz CT molecular complexity index is 890. The van der Waals surface area contributed by atoms with E-state index >= 15 is 0 Å². The second kappa shape index (κ2) is 5.06. The van der Waals surface area contributed by atoms with E-state index in [0.29, 0.717) is 35.4 Å². The first kappa shape index (κ1) is 13.7. The quantitative estimate of drug-likeness (QED) is 0.879. The summed E-state index contributed by atoms with van der Waals surface area (Å²) in [5.74, 6) is 0.144. The van der Waals surface area contributed by atoms with Crippen molar-refractivity contribution in [2.45, 2.75) is 25.3 Å². The first-order chi connectivity index (χ1) is 11.2. The van der Waals surface area contributed by atoms with Crippen molar-refractivity contribution in [3.63, 3.8) is 0 Å². The first-order valence-electron chi connectivity index (χ1n) is 7.46. The van der Waals surface area contributed by atoms with Crippen molar-refractivity contribution in [1.82, 2.24) is 9.78 Å². The summed E-state index contributed by atoms with van der Waals surface area (Å²) in [6.45, 7) is 0. The van der Waals surface area contributed by atoms with Gasteiger partial charge in [0.1, 0.15) is 29.3 Å². The number of benzene rings is 1. The van der Waals surface area contributed by atoms with Crippen LogP contribution in [0.2, 0.25) is 0 Å². The molecule has 1 atom stereocenters. The summed E-state index contributed by atoms with van der Waals surface area (Å²) in [5.41, 5.74) is 2.11. The van der Waals surface area contributed by atoms with Gasteiger partial charge in [0.05, 0.1) is 6.20 Å². The molecule has 0 amide bonds. The number of nitriles is 1. The molecular weight excluding hydrogens is 295 g/mol. The van der Waals surface area contributed by atoms with Crippen molar-refractivity contribution in [2.24, 2.45) is 0 Å². The number of hydrogen-bond acceptors (Lipinski definition) is 4. The number of ketones is 1. The van der Waals surface area contributed by atoms with Crippen LogP contribution < -0.4 is 5.32 Å². The van der Waals surface area contributed by atoms with Gasteiger partial charge in [-0.25, -0.2) is 9.07 Å². The highest BCUT2D eigenvalue weighted by Crippen LogP contribution is 2.41. The minimum absolute atomic E-state index is 0.00617. The molecule has 5 nitrogen and oxygen atoms in total. The van der Waals surface area contributed by atoms with Crippen molar-refractivity contribution >= 4 is 11.6 Å². The average molecular weight is 308 g/mol. The molecule has 0 saturated carbocycles. The summed E-state index contributed by atoms with van der Waals surface area (Å²) < 4.78 is 15.9. The molecular formula is C17H13FN4O. The number of carbonyl (C=O) groups excluding carboxylic acids is 1. The molecule has 1 N–H and O–H groups in total. The summed E-state index contributed by atoms with van der Waals surface area (Å²) in [6.07, 6.45) is 3.36. The molecule has 6 heteroatoms. The van der Waals surface area contributed by atoms with Gasteiger partial charge in [0, 0.05) is 23.3 Å². The SMILES string of the molecule is N#Cc1cnn2c1NC1=C(C(=O)CCC1)[C@H]2c1ccccc1F. The molecule has 2 aliphatic rings. The highest BCUT2D eigenvalue weighted by molar-refractivity contribution is 5.99. The molecule has 0 unspecified atom stereocenters. The fourth-order valence-electron chi connectivity index (χ4n) is 3.32. The van der Waals surface area contributed by atoms with Crippen LogP contribution in [-0.2, 0) is 4.79 Å². The third kappa shape index (κ3) is 1.97. The van der Waals surface area contributed by atoms with Gasteiger partial charge in [0.2, 0.25) is 0 Å². The van der Waals surface area contributed by atoms with Crippen LogP contribution in [0, 0.1) is 17.1 Å². The number of fused-ring (bicyclic) bond motifs is 1. The Morgan fingerprint density at radius 2 is 2.17 bits per heavy atom. The maximum atomic E-state index is 14.4. The third-order valence-electron chi connectivity index (χ3n) is 4.36. The van der Waals surface area contributed by atoms with E-state index < -0.39 is 6.04 Å². The van der Waals surface area contributed by atoms with Crippen LogP contribution >= 0.6 is 0 Å². The van der Waals surface area contributed by atoms with Crippen LogP contribution in [0.15, 0.2) is 41.7 Å². The number of nitrogens with zero attached hydrogens (tertiary/aromatic N) is 3. The summed E-state index contributed by atoms with van der Waals surface area (Å²) in [4.78, 5) is 12.5. The van der Waals surface area contributed by atoms with Gasteiger partial charge in [-0.05, 0) is 18.9 Å². The van der Waals surface area contributed by atoms with Crippen molar-refractivity contribution in [2.75, 3.05) is 5.32 Å². The van der Waals surface area contributed by atoms with Crippen LogP contribution in [-0.4, -0.2) is 15.6 Å². The van der Waals surface area contributed by atoms with Gasteiger partial charge in [-0.1, -0.05) is 18.2 Å². The molecule has 0 saturated heterocycles. The Kier molecular flexibility index (Phi) is 3.01. The fraction of sp³-hybridized carbons (Fsp3) is 0.235. The second-order valence-electron chi connectivity index (χ2n) is 5.68. The van der Waals surface area contributed by atoms with Gasteiger partial charge in [-0.15, -0.1) is 0 Å². The molecule has 1 aromatic carbocycles. The molecule has 0 radical (unpaired) electrons. The summed E-state index contributed by atoms with van der Waals surface area (Å²) >= 11 is 0. The minimum Gasteiger partial charge on any atom is -0.342 e. The molecule has 1 aliphatic heterocycles. The topological polar surface area (TPSA) is 70.7 Å². The molecule has 1 aliphatic carbocycles. The Morgan fingerprint density at radius 1 is 1.35 bits per heavy atom. The van der Waals surface area contributed by atoms with Crippen LogP contribution in [0.25, 0.3) is 0 Å². The zero-order chi connectivity index (χ0) is 16.0. The standard InChI is InChI=1S/C17H13FN4O/c18-12-5-2-1-4-11(12)16-15-13(6-3-7-14(15)23)21-17-10(8-19)9-20-22(16)17/h1-2,4-5,9,16,21H,3,6-7H2/t16-/m1/s1. The maximum Gasteiger partial charge on any atom is 0.163 e. The molecule has 4 rings (SSSR count). The fourth-order valence-corrected chi connectivity index (χ4v) is 3.32. The molecule has 23 heavy (non-hydrogen) atoms. The van der Waals surface area contributed by atoms with Gasteiger partial charge < -0.3 is 5.32 Å². The van der Waals surface area contributed by atoms with Crippen molar-refractivity contribution in [3.05, 3.63) is 58.7 Å². The highest BCUT2D eigenvalue weighted by Gasteiger charge is 2.37. The zero-order valence-electron chi connectivity index (χ0n) is 12.2. The number of aromatic nitrogens is 2. The molecule has 2 heterocycles. The maximum absolute atomic E-state index is 14.4. The Morgan fingerprint density at radius 3 is 2.96 bits per heavy atom. The third-order valence-corrected chi connectivity index (χ3v) is 4.36. The minimum atomic E-state index is -0.627. The van der Waals surface area contributed by atoms with Gasteiger partial charge in [-0.3, -0.25) is 4.79 Å². The van der Waals surface area contributed by atoms with E-state index in [9.17, 15) is 14.4 Å². The van der Waals surface area contributed by atoms with Gasteiger partial charge in [0.25, 0.3) is 0 Å². The Balaban J connectivity index is 1.98. The normalized spacial score (nSPS) is 19.7. The molecule has 0 fully saturated rings. The second-order valence-corrected chi connectivity index (χ2v) is 5.68. The molecule has 0 bridgehead atoms. The van der Waals surface area contributed by atoms with E-state index in [-0.39, 0.29) is 11.6 Å². The first-order valence-corrected chi connectivity index (χ1v) is 7.46. The summed E-state index contributed by atoms with van der Waals surface area (Å²) in [7, 11) is 0. The predicted octanol–water partition coefficient (Wildman–Crippen LogP) is 2.92. The number of nitrogens with one attached hydrogen (secondary N) is 1. The van der Waals surface area contributed by atoms with Crippen molar-refractivity contribution in [1.29, 1.82) is 5.26 Å². The smallest absolute Gasteiger partial charge is 0.163 e. The number of Topliss-reactive ketones (excluding diaryl/α,β-unsaturated/α-hetero) is 1. The number of allylic oxidation sites excluding steroid dienone is 2. The van der Waals surface area contributed by atoms with E-state index in [1.54, 1.807) is 22.9 Å². The van der Waals surface area contributed by atoms with E-state index in [2.05, 4.69) is 16.5 Å². The monoisotopic (exact) mass is 308 g/mol. The lowest BCUT2D eigenvalue weighted by Crippen LogP contribution is -2.32. The Labute approximate surface area is 132 Å². The van der Waals surface area contributed by atoms with Crippen LogP contribution in [0.4, 0.5) is 10.2 Å². The number of hydrogen-bond donors (Lipinski definition) is 1. The van der Waals surface area contributed by atoms with E-state index in [1.165, 1.54) is 12.3 Å². The molecule has 2 aromatic rings. The Hall–Kier alpha value is -2.94. The lowest BCUT2D eigenvalue weighted by Gasteiger charge is -2.33. The number of carbonyl (C=O) groups is 1. The number of halogens is 1. The predicted molar refractivity (Wildman–Crippen MR) is 81.0 cm³/mol. The van der Waals surface area contributed by atoms with Crippen LogP contribution in [0.5, 0.6) is 0 Å². The van der Waals surface area contributed by atoms with E-state index in [4.69, 9.17) is 0 Å². The lowest BCUT2D eigenvalue weighted by molar-refractivity contribution is -0.116. The van der Waals surface area contributed by atoms with E-state index in [0.717, 1.165) is 12.1 Å². The highest BCUT2D eigenvalue weighted by atomic mass is 19.1. The molecule has 0 spiro atoms. The zero-order valence-corrected chi connectivity index (χ0v) is 12.2. The number of rotatable bonds is 1. The van der Waals surface area contributed by atoms with Crippen molar-refractivity contribution in [3.8, 4) is 6.07 Å². The average Bonchev–Trinajstić information content (AvgIpc) is 2.96. The van der Waals surface area contributed by atoms with Gasteiger partial charge in [-0.2, -0.15) is 10.4 Å². The summed E-state index contributed by atoms with van der Waals surface area (Å²) in [6, 6.07) is 7.84. The summed E-state index contributed by atoms with van der Waals surface area (Å²) in [5, 5.41) is 16.6. The van der Waals surface area contributed by atoms with Crippen molar-refractivity contribution < 1.29 is 9.18 Å². The molecule has 114 valence electrons. The molecule has 1 aromatic heterocycles. The van der Waals surface area contributed by atoms with Crippen LogP contribution in [0.3, 0.4) is 0 Å². The van der Waals surface area contributed by atoms with Gasteiger partial charge >= 0.3 is 0 Å². The largest absolute Gasteiger partial charge is 0.342 e. The lowest BCUT2D eigenvalue weighted by atomic mass is 9.85. The van der Waals surface area contributed by atoms with Gasteiger partial charge in [0.15, 0.2) is 5.78 Å². The number of anilines is 1.